The van der Waals surface area contributed by atoms with Gasteiger partial charge < -0.3 is 20.1 Å². The molecule has 2 aromatic heterocycles. The van der Waals surface area contributed by atoms with E-state index >= 15 is 0 Å². The largest absolute Gasteiger partial charge is 0.444 e. The average molecular weight is 607 g/mol. The number of benzene rings is 1. The molecule has 2 atom stereocenters. The van der Waals surface area contributed by atoms with Gasteiger partial charge in [0.15, 0.2) is 5.52 Å². The number of aliphatic hydroxyl groups is 1. The number of likely N-dealkylation sites (tertiary alicyclic amines) is 2. The summed E-state index contributed by atoms with van der Waals surface area (Å²) in [6, 6.07) is 4.40. The second-order valence-corrected chi connectivity index (χ2v) is 12.2. The summed E-state index contributed by atoms with van der Waals surface area (Å²) >= 11 is 12.1. The van der Waals surface area contributed by atoms with E-state index < -0.39 is 23.8 Å². The van der Waals surface area contributed by atoms with E-state index in [1.54, 1.807) is 48.7 Å². The zero-order chi connectivity index (χ0) is 29.5. The molecule has 0 bridgehead atoms. The molecule has 2 aliphatic heterocycles. The number of nitrogens with one attached hydrogen (secondary N) is 2. The van der Waals surface area contributed by atoms with Gasteiger partial charge >= 0.3 is 6.09 Å². The van der Waals surface area contributed by atoms with Gasteiger partial charge in [-0.25, -0.2) is 9.78 Å². The normalized spacial score (nSPS) is 20.0. The van der Waals surface area contributed by atoms with Gasteiger partial charge in [-0.2, -0.15) is 5.10 Å². The number of fused-ring (bicyclic) bond motifs is 1. The average Bonchev–Trinajstić information content (AvgIpc) is 3.52. The molecule has 0 aliphatic carbocycles. The standard InChI is InChI=1S/C27H33Cl2N7O5/c1-27(2,3)41-26(40)35-14-17(37)11-21(35)24(39)34-8-6-16(7-9-34)36-22-20(13-31-36)32-25(33-23(22)38)30-12-15-4-5-18(28)19(29)10-15/h4-5,10,13,16-17,21,37H,6-9,11-12,14H2,1-3H3,(H2,30,32,33,38)/t17-,21+/m1/s1. The Morgan fingerprint density at radius 2 is 1.93 bits per heavy atom. The summed E-state index contributed by atoms with van der Waals surface area (Å²) in [5.41, 5.74) is 0.662. The van der Waals surface area contributed by atoms with Crippen LogP contribution in [0.25, 0.3) is 11.0 Å². The number of hydrogen-bond donors (Lipinski definition) is 3. The Bertz CT molecular complexity index is 1510. The maximum Gasteiger partial charge on any atom is 0.411 e. The number of nitrogens with zero attached hydrogens (tertiary/aromatic N) is 5. The lowest BCUT2D eigenvalue weighted by Gasteiger charge is -2.35. The number of anilines is 1. The number of aromatic amines is 1. The number of β-amino-alcohol motifs (C(OH)–C–C–N with tert-alkyl or cyclic N) is 1. The van der Waals surface area contributed by atoms with Crippen molar-refractivity contribution in [3.8, 4) is 0 Å². The summed E-state index contributed by atoms with van der Waals surface area (Å²) < 4.78 is 7.13. The van der Waals surface area contributed by atoms with Crippen molar-refractivity contribution in [2.45, 2.75) is 70.4 Å². The Kier molecular flexibility index (Phi) is 8.18. The van der Waals surface area contributed by atoms with Crippen LogP contribution >= 0.6 is 23.2 Å². The first-order chi connectivity index (χ1) is 19.4. The van der Waals surface area contributed by atoms with Crippen molar-refractivity contribution >= 4 is 52.2 Å². The van der Waals surface area contributed by atoms with Crippen LogP contribution < -0.4 is 10.9 Å². The smallest absolute Gasteiger partial charge is 0.411 e. The summed E-state index contributed by atoms with van der Waals surface area (Å²) in [5.74, 6) is 0.0928. The van der Waals surface area contributed by atoms with E-state index in [1.165, 1.54) is 4.90 Å². The number of amides is 2. The molecule has 220 valence electrons. The van der Waals surface area contributed by atoms with E-state index in [9.17, 15) is 19.5 Å². The number of hydrogen-bond acceptors (Lipinski definition) is 8. The number of aromatic nitrogens is 4. The van der Waals surface area contributed by atoms with Gasteiger partial charge in [-0.1, -0.05) is 29.3 Å². The lowest BCUT2D eigenvalue weighted by Crippen LogP contribution is -2.51. The molecule has 2 fully saturated rings. The van der Waals surface area contributed by atoms with Crippen LogP contribution in [-0.4, -0.2) is 84.0 Å². The van der Waals surface area contributed by atoms with Gasteiger partial charge in [0.2, 0.25) is 11.9 Å². The Morgan fingerprint density at radius 1 is 1.20 bits per heavy atom. The highest BCUT2D eigenvalue weighted by Crippen LogP contribution is 2.28. The molecule has 0 radical (unpaired) electrons. The summed E-state index contributed by atoms with van der Waals surface area (Å²) in [5, 5.41) is 18.7. The molecule has 1 aromatic carbocycles. The predicted octanol–water partition coefficient (Wildman–Crippen LogP) is 3.57. The second-order valence-electron chi connectivity index (χ2n) is 11.4. The molecule has 0 saturated carbocycles. The molecule has 5 rings (SSSR count). The predicted molar refractivity (Wildman–Crippen MR) is 154 cm³/mol. The minimum Gasteiger partial charge on any atom is -0.444 e. The highest BCUT2D eigenvalue weighted by atomic mass is 35.5. The van der Waals surface area contributed by atoms with Crippen molar-refractivity contribution in [2.75, 3.05) is 25.0 Å². The lowest BCUT2D eigenvalue weighted by atomic mass is 10.0. The quantitative estimate of drug-likeness (QED) is 0.400. The van der Waals surface area contributed by atoms with E-state index in [0.29, 0.717) is 59.5 Å². The molecule has 3 N–H and O–H groups in total. The van der Waals surface area contributed by atoms with Gasteiger partial charge in [-0.15, -0.1) is 0 Å². The van der Waals surface area contributed by atoms with Crippen LogP contribution in [0, 0.1) is 0 Å². The Balaban J connectivity index is 1.23. The van der Waals surface area contributed by atoms with E-state index in [4.69, 9.17) is 27.9 Å². The summed E-state index contributed by atoms with van der Waals surface area (Å²) in [4.78, 5) is 49.4. The summed E-state index contributed by atoms with van der Waals surface area (Å²) in [7, 11) is 0. The number of H-pyrrole nitrogens is 1. The van der Waals surface area contributed by atoms with Crippen molar-refractivity contribution in [1.82, 2.24) is 29.5 Å². The van der Waals surface area contributed by atoms with E-state index in [0.717, 1.165) is 5.56 Å². The summed E-state index contributed by atoms with van der Waals surface area (Å²) in [6.07, 6.45) is 1.48. The van der Waals surface area contributed by atoms with E-state index in [1.807, 2.05) is 6.07 Å². The monoisotopic (exact) mass is 605 g/mol. The highest BCUT2D eigenvalue weighted by Gasteiger charge is 2.43. The van der Waals surface area contributed by atoms with Gasteiger partial charge in [0.25, 0.3) is 5.56 Å². The zero-order valence-corrected chi connectivity index (χ0v) is 24.6. The molecule has 0 spiro atoms. The first-order valence-corrected chi connectivity index (χ1v) is 14.3. The Hall–Kier alpha value is -3.35. The first-order valence-electron chi connectivity index (χ1n) is 13.5. The maximum atomic E-state index is 13.4. The number of carbonyl (C=O) groups excluding carboxylic acids is 2. The number of carbonyl (C=O) groups is 2. The third-order valence-corrected chi connectivity index (χ3v) is 7.95. The molecule has 14 heteroatoms. The van der Waals surface area contributed by atoms with Gasteiger partial charge in [-0.05, 0) is 51.3 Å². The topological polar surface area (TPSA) is 146 Å². The summed E-state index contributed by atoms with van der Waals surface area (Å²) in [6.45, 7) is 6.56. The van der Waals surface area contributed by atoms with Crippen LogP contribution in [0.15, 0.2) is 29.2 Å². The molecule has 12 nitrogen and oxygen atoms in total. The molecule has 2 saturated heterocycles. The molecule has 0 unspecified atom stereocenters. The van der Waals surface area contributed by atoms with E-state index in [-0.39, 0.29) is 30.5 Å². The molecule has 41 heavy (non-hydrogen) atoms. The Labute approximate surface area is 246 Å². The molecular weight excluding hydrogens is 573 g/mol. The zero-order valence-electron chi connectivity index (χ0n) is 23.1. The fourth-order valence-corrected chi connectivity index (χ4v) is 5.60. The van der Waals surface area contributed by atoms with Crippen LogP contribution in [0.2, 0.25) is 10.0 Å². The SMILES string of the molecule is CC(C)(C)OC(=O)N1C[C@H](O)C[C@H]1C(=O)N1CCC(n2ncc3nc(NCc4ccc(Cl)c(Cl)c4)[nH]c(=O)c32)CC1. The van der Waals surface area contributed by atoms with Crippen LogP contribution in [0.3, 0.4) is 0 Å². The fraction of sp³-hybridized carbons (Fsp3) is 0.519. The number of aliphatic hydroxyl groups excluding tert-OH is 1. The molecular formula is C27H33Cl2N7O5. The van der Waals surface area contributed by atoms with E-state index in [2.05, 4.69) is 20.4 Å². The van der Waals surface area contributed by atoms with Crippen molar-refractivity contribution in [3.05, 3.63) is 50.4 Å². The molecule has 2 aliphatic rings. The molecule has 4 heterocycles. The van der Waals surface area contributed by atoms with Crippen molar-refractivity contribution in [1.29, 1.82) is 0 Å². The van der Waals surface area contributed by atoms with Crippen molar-refractivity contribution < 1.29 is 19.4 Å². The third kappa shape index (κ3) is 6.44. The number of rotatable bonds is 5. The first kappa shape index (κ1) is 29.2. The highest BCUT2D eigenvalue weighted by molar-refractivity contribution is 6.42. The van der Waals surface area contributed by atoms with Crippen LogP contribution in [0.5, 0.6) is 0 Å². The Morgan fingerprint density at radius 3 is 2.61 bits per heavy atom. The van der Waals surface area contributed by atoms with Crippen LogP contribution in [-0.2, 0) is 16.1 Å². The van der Waals surface area contributed by atoms with Crippen molar-refractivity contribution in [3.63, 3.8) is 0 Å². The van der Waals surface area contributed by atoms with Crippen molar-refractivity contribution in [2.24, 2.45) is 0 Å². The van der Waals surface area contributed by atoms with Gasteiger partial charge in [0.05, 0.1) is 34.9 Å². The van der Waals surface area contributed by atoms with Gasteiger partial charge in [-0.3, -0.25) is 24.2 Å². The van der Waals surface area contributed by atoms with Crippen LogP contribution in [0.1, 0.15) is 51.6 Å². The van der Waals surface area contributed by atoms with Gasteiger partial charge in [0.1, 0.15) is 17.2 Å². The lowest BCUT2D eigenvalue weighted by molar-refractivity contribution is -0.137. The van der Waals surface area contributed by atoms with Gasteiger partial charge in [0, 0.05) is 26.1 Å². The second kappa shape index (κ2) is 11.5. The third-order valence-electron chi connectivity index (χ3n) is 7.21. The minimum atomic E-state index is -0.785. The molecule has 2 amide bonds. The van der Waals surface area contributed by atoms with Crippen LogP contribution in [0.4, 0.5) is 10.7 Å². The maximum absolute atomic E-state index is 13.4. The number of ether oxygens (including phenoxy) is 1. The molecule has 3 aromatic rings. The minimum absolute atomic E-state index is 0.0567. The number of piperidine rings is 1. The number of halogens is 2. The fourth-order valence-electron chi connectivity index (χ4n) is 5.28.